The van der Waals surface area contributed by atoms with Gasteiger partial charge in [-0.3, -0.25) is 0 Å². The van der Waals surface area contributed by atoms with Crippen molar-refractivity contribution in [3.8, 4) is 0 Å². The van der Waals surface area contributed by atoms with Crippen molar-refractivity contribution in [3.63, 3.8) is 0 Å². The van der Waals surface area contributed by atoms with E-state index in [1.54, 1.807) is 0 Å². The molecule has 0 radical (unpaired) electrons. The lowest BCUT2D eigenvalue weighted by atomic mass is 10.0. The van der Waals surface area contributed by atoms with Gasteiger partial charge in [0.25, 0.3) is 0 Å². The Morgan fingerprint density at radius 2 is 2.30 bits per heavy atom. The Bertz CT molecular complexity index is 648. The van der Waals surface area contributed by atoms with Crippen LogP contribution in [0.4, 0.5) is 4.79 Å². The third-order valence-corrected chi connectivity index (χ3v) is 3.80. The third kappa shape index (κ3) is 2.36. The summed E-state index contributed by atoms with van der Waals surface area (Å²) in [6.07, 6.45) is 1.34. The van der Waals surface area contributed by atoms with E-state index in [9.17, 15) is 4.79 Å². The number of benzene rings is 1. The van der Waals surface area contributed by atoms with Crippen molar-refractivity contribution in [2.24, 2.45) is 5.73 Å². The van der Waals surface area contributed by atoms with Gasteiger partial charge in [0.2, 0.25) is 0 Å². The fourth-order valence-electron chi connectivity index (χ4n) is 2.84. The first-order valence-electron chi connectivity index (χ1n) is 6.91. The van der Waals surface area contributed by atoms with E-state index in [1.807, 2.05) is 0 Å². The first-order valence-corrected chi connectivity index (χ1v) is 6.91. The Labute approximate surface area is 117 Å². The predicted molar refractivity (Wildman–Crippen MR) is 77.8 cm³/mol. The molecule has 1 amide bonds. The quantitative estimate of drug-likeness (QED) is 0.792. The molecule has 0 unspecified atom stereocenters. The number of rotatable bonds is 4. The highest BCUT2D eigenvalue weighted by Crippen LogP contribution is 2.24. The molecule has 106 valence electrons. The zero-order valence-corrected chi connectivity index (χ0v) is 11.5. The lowest BCUT2D eigenvalue weighted by Gasteiger charge is -2.08. The number of cyclic esters (lactones) is 1. The molecule has 1 fully saturated rings. The molecule has 0 aliphatic carbocycles. The standard InChI is InChI=1S/C15H19N3O2/c1-9-12(4-5-16)13-7-10(2-3-14(13)17-9)6-11-8-20-15(19)18-11/h2-3,7,11,17H,4-6,8,16H2,1H3,(H,18,19)/t11-/m0/s1. The Morgan fingerprint density at radius 3 is 3.00 bits per heavy atom. The Balaban J connectivity index is 1.89. The van der Waals surface area contributed by atoms with Crippen molar-refractivity contribution in [1.29, 1.82) is 0 Å². The lowest BCUT2D eigenvalue weighted by Crippen LogP contribution is -2.28. The van der Waals surface area contributed by atoms with Crippen LogP contribution in [0.5, 0.6) is 0 Å². The lowest BCUT2D eigenvalue weighted by molar-refractivity contribution is 0.177. The average molecular weight is 273 g/mol. The van der Waals surface area contributed by atoms with Gasteiger partial charge < -0.3 is 20.8 Å². The summed E-state index contributed by atoms with van der Waals surface area (Å²) < 4.78 is 4.92. The maximum Gasteiger partial charge on any atom is 0.407 e. The molecule has 20 heavy (non-hydrogen) atoms. The normalized spacial score (nSPS) is 18.3. The van der Waals surface area contributed by atoms with Crippen molar-refractivity contribution in [2.75, 3.05) is 13.2 Å². The summed E-state index contributed by atoms with van der Waals surface area (Å²) in [5, 5.41) is 4.04. The van der Waals surface area contributed by atoms with Gasteiger partial charge in [0.1, 0.15) is 6.61 Å². The molecule has 0 bridgehead atoms. The molecule has 1 aromatic carbocycles. The zero-order chi connectivity index (χ0) is 14.1. The number of carbonyl (C=O) groups is 1. The highest BCUT2D eigenvalue weighted by Gasteiger charge is 2.22. The molecule has 3 rings (SSSR count). The smallest absolute Gasteiger partial charge is 0.407 e. The van der Waals surface area contributed by atoms with Gasteiger partial charge in [0.05, 0.1) is 6.04 Å². The molecule has 2 aromatic rings. The van der Waals surface area contributed by atoms with Crippen LogP contribution in [0.1, 0.15) is 16.8 Å². The molecular formula is C15H19N3O2. The number of hydrogen-bond donors (Lipinski definition) is 3. The Morgan fingerprint density at radius 1 is 1.45 bits per heavy atom. The van der Waals surface area contributed by atoms with E-state index in [2.05, 4.69) is 35.4 Å². The first-order chi connectivity index (χ1) is 9.67. The molecule has 1 aliphatic rings. The number of aryl methyl sites for hydroxylation is 1. The van der Waals surface area contributed by atoms with Crippen LogP contribution in [0.2, 0.25) is 0 Å². The molecule has 5 heteroatoms. The molecule has 1 aliphatic heterocycles. The fraction of sp³-hybridized carbons (Fsp3) is 0.400. The maximum atomic E-state index is 11.0. The number of amides is 1. The van der Waals surface area contributed by atoms with Gasteiger partial charge >= 0.3 is 6.09 Å². The van der Waals surface area contributed by atoms with Gasteiger partial charge in [-0.1, -0.05) is 6.07 Å². The number of aromatic nitrogens is 1. The number of hydrogen-bond acceptors (Lipinski definition) is 3. The van der Waals surface area contributed by atoms with Crippen LogP contribution in [0.25, 0.3) is 10.9 Å². The molecule has 1 saturated heterocycles. The first kappa shape index (κ1) is 13.0. The largest absolute Gasteiger partial charge is 0.447 e. The second-order valence-corrected chi connectivity index (χ2v) is 5.29. The van der Waals surface area contributed by atoms with Crippen LogP contribution in [-0.2, 0) is 17.6 Å². The second-order valence-electron chi connectivity index (χ2n) is 5.29. The summed E-state index contributed by atoms with van der Waals surface area (Å²) in [7, 11) is 0. The Kier molecular flexibility index (Phi) is 3.36. The number of ether oxygens (including phenoxy) is 1. The van der Waals surface area contributed by atoms with E-state index < -0.39 is 0 Å². The number of fused-ring (bicyclic) bond motifs is 1. The summed E-state index contributed by atoms with van der Waals surface area (Å²) in [6.45, 7) is 3.17. The summed E-state index contributed by atoms with van der Waals surface area (Å²) in [5.41, 5.74) is 10.5. The zero-order valence-electron chi connectivity index (χ0n) is 11.5. The van der Waals surface area contributed by atoms with E-state index in [0.29, 0.717) is 13.2 Å². The van der Waals surface area contributed by atoms with Gasteiger partial charge in [-0.15, -0.1) is 0 Å². The van der Waals surface area contributed by atoms with Crippen molar-refractivity contribution in [3.05, 3.63) is 35.0 Å². The van der Waals surface area contributed by atoms with E-state index in [-0.39, 0.29) is 12.1 Å². The predicted octanol–water partition coefficient (Wildman–Crippen LogP) is 1.63. The van der Waals surface area contributed by atoms with Gasteiger partial charge in [0.15, 0.2) is 0 Å². The van der Waals surface area contributed by atoms with Crippen molar-refractivity contribution < 1.29 is 9.53 Å². The molecule has 2 heterocycles. The van der Waals surface area contributed by atoms with Crippen LogP contribution < -0.4 is 11.1 Å². The summed E-state index contributed by atoms with van der Waals surface area (Å²) in [4.78, 5) is 14.4. The second kappa shape index (κ2) is 5.17. The number of H-pyrrole nitrogens is 1. The molecular weight excluding hydrogens is 254 g/mol. The monoisotopic (exact) mass is 273 g/mol. The van der Waals surface area contributed by atoms with Gasteiger partial charge in [-0.25, -0.2) is 4.79 Å². The molecule has 5 nitrogen and oxygen atoms in total. The van der Waals surface area contributed by atoms with E-state index >= 15 is 0 Å². The topological polar surface area (TPSA) is 80.1 Å². The van der Waals surface area contributed by atoms with Crippen LogP contribution in [0, 0.1) is 6.92 Å². The number of carbonyl (C=O) groups excluding carboxylic acids is 1. The number of nitrogens with two attached hydrogens (primary N) is 1. The summed E-state index contributed by atoms with van der Waals surface area (Å²) >= 11 is 0. The highest BCUT2D eigenvalue weighted by molar-refractivity contribution is 5.85. The summed E-state index contributed by atoms with van der Waals surface area (Å²) in [5.74, 6) is 0. The molecule has 1 aromatic heterocycles. The molecule has 1 atom stereocenters. The number of aromatic amines is 1. The maximum absolute atomic E-state index is 11.0. The van der Waals surface area contributed by atoms with Gasteiger partial charge in [-0.05, 0) is 49.6 Å². The van der Waals surface area contributed by atoms with E-state index in [0.717, 1.165) is 18.4 Å². The van der Waals surface area contributed by atoms with Crippen LogP contribution in [0.15, 0.2) is 18.2 Å². The van der Waals surface area contributed by atoms with Crippen LogP contribution in [0.3, 0.4) is 0 Å². The summed E-state index contributed by atoms with van der Waals surface area (Å²) in [6, 6.07) is 6.44. The van der Waals surface area contributed by atoms with Gasteiger partial charge in [-0.2, -0.15) is 0 Å². The van der Waals surface area contributed by atoms with Crippen molar-refractivity contribution in [1.82, 2.24) is 10.3 Å². The highest BCUT2D eigenvalue weighted by atomic mass is 16.6. The molecule has 0 spiro atoms. The average Bonchev–Trinajstić information content (AvgIpc) is 2.95. The van der Waals surface area contributed by atoms with Crippen molar-refractivity contribution >= 4 is 17.0 Å². The molecule has 4 N–H and O–H groups in total. The van der Waals surface area contributed by atoms with Gasteiger partial charge in [0, 0.05) is 16.6 Å². The van der Waals surface area contributed by atoms with E-state index in [1.165, 1.54) is 22.2 Å². The Hall–Kier alpha value is -2.01. The van der Waals surface area contributed by atoms with E-state index in [4.69, 9.17) is 10.5 Å². The van der Waals surface area contributed by atoms with Crippen LogP contribution >= 0.6 is 0 Å². The SMILES string of the molecule is Cc1[nH]c2ccc(C[C@H]3COC(=O)N3)cc2c1CCN. The van der Waals surface area contributed by atoms with Crippen molar-refractivity contribution in [2.45, 2.75) is 25.8 Å². The fourth-order valence-corrected chi connectivity index (χ4v) is 2.84. The number of nitrogens with one attached hydrogen (secondary N) is 2. The number of alkyl carbamates (subject to hydrolysis) is 1. The minimum atomic E-state index is -0.322. The molecule has 0 saturated carbocycles. The minimum absolute atomic E-state index is 0.0675. The van der Waals surface area contributed by atoms with Crippen LogP contribution in [-0.4, -0.2) is 30.3 Å². The third-order valence-electron chi connectivity index (χ3n) is 3.80. The minimum Gasteiger partial charge on any atom is -0.447 e.